The minimum Gasteiger partial charge on any atom is -0.497 e. The first-order valence-corrected chi connectivity index (χ1v) is 10.1. The number of ether oxygens (including phenoxy) is 1. The Labute approximate surface area is 181 Å². The molecule has 1 atom stereocenters. The van der Waals surface area contributed by atoms with Gasteiger partial charge in [-0.1, -0.05) is 47.6 Å². The lowest BCUT2D eigenvalue weighted by Gasteiger charge is -2.25. The van der Waals surface area contributed by atoms with Gasteiger partial charge in [0.2, 0.25) is 0 Å². The Hall–Kier alpha value is -3.64. The predicted molar refractivity (Wildman–Crippen MR) is 121 cm³/mol. The van der Waals surface area contributed by atoms with Crippen LogP contribution in [-0.4, -0.2) is 43.7 Å². The molecule has 1 heterocycles. The molecule has 0 aliphatic rings. The average Bonchev–Trinajstić information content (AvgIpc) is 3.23. The molecule has 0 radical (unpaired) electrons. The van der Waals surface area contributed by atoms with Gasteiger partial charge in [0.15, 0.2) is 5.76 Å². The van der Waals surface area contributed by atoms with Crippen molar-refractivity contribution in [2.45, 2.75) is 6.04 Å². The number of hydrogen-bond donors (Lipinski definition) is 1. The zero-order chi connectivity index (χ0) is 21.8. The summed E-state index contributed by atoms with van der Waals surface area (Å²) in [5.41, 5.74) is 3.32. The third-order valence-corrected chi connectivity index (χ3v) is 5.35. The Morgan fingerprint density at radius 1 is 1.06 bits per heavy atom. The molecular formula is C25H25N3O3. The van der Waals surface area contributed by atoms with Gasteiger partial charge in [0.05, 0.1) is 18.5 Å². The van der Waals surface area contributed by atoms with E-state index in [9.17, 15) is 4.79 Å². The summed E-state index contributed by atoms with van der Waals surface area (Å²) in [5.74, 6) is 1.33. The summed E-state index contributed by atoms with van der Waals surface area (Å²) in [6.45, 7) is 0.478. The molecule has 1 amide bonds. The van der Waals surface area contributed by atoms with Crippen LogP contribution in [0.3, 0.4) is 0 Å². The van der Waals surface area contributed by atoms with Crippen LogP contribution >= 0.6 is 0 Å². The van der Waals surface area contributed by atoms with Crippen LogP contribution in [0.5, 0.6) is 5.75 Å². The van der Waals surface area contributed by atoms with Gasteiger partial charge in [-0.2, -0.15) is 0 Å². The molecular weight excluding hydrogens is 390 g/mol. The Morgan fingerprint density at radius 2 is 1.81 bits per heavy atom. The molecule has 4 rings (SSSR count). The molecule has 4 aromatic rings. The van der Waals surface area contributed by atoms with E-state index in [2.05, 4.69) is 15.4 Å². The summed E-state index contributed by atoms with van der Waals surface area (Å²) in [4.78, 5) is 15.0. The van der Waals surface area contributed by atoms with E-state index in [-0.39, 0.29) is 11.9 Å². The zero-order valence-electron chi connectivity index (χ0n) is 17.8. The standard InChI is InChI=1S/C25H25N3O3/c1-28(2)23(17-9-12-20(30-3)13-10-17)16-26-25(29)19-11-14-22-21(15-19)24(31-27-22)18-7-5-4-6-8-18/h4-15,23H,16H2,1-3H3,(H,26,29). The van der Waals surface area contributed by atoms with Crippen LogP contribution in [0.2, 0.25) is 0 Å². The van der Waals surface area contributed by atoms with Crippen molar-refractivity contribution in [1.29, 1.82) is 0 Å². The van der Waals surface area contributed by atoms with Gasteiger partial charge in [0.25, 0.3) is 5.91 Å². The highest BCUT2D eigenvalue weighted by atomic mass is 16.5. The minimum atomic E-state index is -0.137. The number of aromatic nitrogens is 1. The second-order valence-electron chi connectivity index (χ2n) is 7.57. The maximum Gasteiger partial charge on any atom is 0.251 e. The number of carbonyl (C=O) groups is 1. The summed E-state index contributed by atoms with van der Waals surface area (Å²) in [5, 5.41) is 8.00. The molecule has 0 saturated carbocycles. The summed E-state index contributed by atoms with van der Waals surface area (Å²) in [7, 11) is 5.64. The summed E-state index contributed by atoms with van der Waals surface area (Å²) in [6, 6.07) is 23.1. The normalized spacial score (nSPS) is 12.1. The first-order chi connectivity index (χ1) is 15.1. The van der Waals surface area contributed by atoms with E-state index in [4.69, 9.17) is 9.26 Å². The Kier molecular flexibility index (Phi) is 6.00. The number of benzene rings is 3. The molecule has 0 fully saturated rings. The molecule has 1 N–H and O–H groups in total. The molecule has 0 aliphatic heterocycles. The topological polar surface area (TPSA) is 67.6 Å². The lowest BCUT2D eigenvalue weighted by Crippen LogP contribution is -2.34. The highest BCUT2D eigenvalue weighted by Gasteiger charge is 2.18. The molecule has 6 heteroatoms. The number of fused-ring (bicyclic) bond motifs is 1. The van der Waals surface area contributed by atoms with Crippen molar-refractivity contribution in [3.63, 3.8) is 0 Å². The number of rotatable bonds is 7. The van der Waals surface area contributed by atoms with Crippen molar-refractivity contribution in [1.82, 2.24) is 15.4 Å². The van der Waals surface area contributed by atoms with Crippen LogP contribution in [-0.2, 0) is 0 Å². The van der Waals surface area contributed by atoms with E-state index in [1.54, 1.807) is 13.2 Å². The van der Waals surface area contributed by atoms with E-state index < -0.39 is 0 Å². The second kappa shape index (κ2) is 9.02. The fourth-order valence-electron chi connectivity index (χ4n) is 3.60. The molecule has 0 bridgehead atoms. The Bertz CT molecular complexity index is 1170. The van der Waals surface area contributed by atoms with Gasteiger partial charge in [-0.15, -0.1) is 0 Å². The highest BCUT2D eigenvalue weighted by Crippen LogP contribution is 2.29. The number of likely N-dealkylation sites (N-methyl/N-ethyl adjacent to an activating group) is 1. The lowest BCUT2D eigenvalue weighted by molar-refractivity contribution is 0.0942. The van der Waals surface area contributed by atoms with E-state index in [0.717, 1.165) is 27.8 Å². The zero-order valence-corrected chi connectivity index (χ0v) is 17.8. The molecule has 6 nitrogen and oxygen atoms in total. The first kappa shape index (κ1) is 20.6. The van der Waals surface area contributed by atoms with Crippen LogP contribution in [0.1, 0.15) is 22.0 Å². The Balaban J connectivity index is 1.53. The fourth-order valence-corrected chi connectivity index (χ4v) is 3.60. The summed E-state index contributed by atoms with van der Waals surface area (Å²) < 4.78 is 10.8. The van der Waals surface area contributed by atoms with Crippen molar-refractivity contribution < 1.29 is 14.1 Å². The van der Waals surface area contributed by atoms with Gasteiger partial charge in [-0.3, -0.25) is 4.79 Å². The van der Waals surface area contributed by atoms with E-state index in [1.165, 1.54) is 0 Å². The van der Waals surface area contributed by atoms with Gasteiger partial charge in [0.1, 0.15) is 11.3 Å². The molecule has 31 heavy (non-hydrogen) atoms. The van der Waals surface area contributed by atoms with Crippen molar-refractivity contribution in [3.8, 4) is 17.1 Å². The van der Waals surface area contributed by atoms with Crippen LogP contribution in [0.4, 0.5) is 0 Å². The average molecular weight is 415 g/mol. The molecule has 1 unspecified atom stereocenters. The van der Waals surface area contributed by atoms with Crippen LogP contribution in [0.15, 0.2) is 77.3 Å². The summed E-state index contributed by atoms with van der Waals surface area (Å²) >= 11 is 0. The smallest absolute Gasteiger partial charge is 0.251 e. The molecule has 158 valence electrons. The quantitative estimate of drug-likeness (QED) is 0.480. The first-order valence-electron chi connectivity index (χ1n) is 10.1. The molecule has 0 saturated heterocycles. The van der Waals surface area contributed by atoms with Gasteiger partial charge in [-0.05, 0) is 50.0 Å². The predicted octanol–water partition coefficient (Wildman–Crippen LogP) is 4.54. The molecule has 1 aromatic heterocycles. The van der Waals surface area contributed by atoms with E-state index >= 15 is 0 Å². The molecule has 3 aromatic carbocycles. The molecule has 0 spiro atoms. The maximum atomic E-state index is 12.9. The number of hydrogen-bond acceptors (Lipinski definition) is 5. The van der Waals surface area contributed by atoms with Crippen molar-refractivity contribution in [2.24, 2.45) is 0 Å². The van der Waals surface area contributed by atoms with Crippen LogP contribution in [0.25, 0.3) is 22.2 Å². The third-order valence-electron chi connectivity index (χ3n) is 5.35. The number of nitrogens with one attached hydrogen (secondary N) is 1. The maximum absolute atomic E-state index is 12.9. The van der Waals surface area contributed by atoms with Gasteiger partial charge >= 0.3 is 0 Å². The highest BCUT2D eigenvalue weighted by molar-refractivity contribution is 6.01. The summed E-state index contributed by atoms with van der Waals surface area (Å²) in [6.07, 6.45) is 0. The molecule has 0 aliphatic carbocycles. The fraction of sp³-hybridized carbons (Fsp3) is 0.200. The number of carbonyl (C=O) groups excluding carboxylic acids is 1. The number of methoxy groups -OCH3 is 1. The SMILES string of the molecule is COc1ccc(C(CNC(=O)c2ccc3noc(-c4ccccc4)c3c2)N(C)C)cc1. The van der Waals surface area contributed by atoms with Gasteiger partial charge in [-0.25, -0.2) is 0 Å². The van der Waals surface area contributed by atoms with Crippen LogP contribution < -0.4 is 10.1 Å². The van der Waals surface area contributed by atoms with E-state index in [1.807, 2.05) is 80.8 Å². The Morgan fingerprint density at radius 3 is 2.48 bits per heavy atom. The number of amides is 1. The van der Waals surface area contributed by atoms with Crippen molar-refractivity contribution in [2.75, 3.05) is 27.7 Å². The monoisotopic (exact) mass is 415 g/mol. The van der Waals surface area contributed by atoms with E-state index in [0.29, 0.717) is 17.9 Å². The minimum absolute atomic E-state index is 0.0362. The van der Waals surface area contributed by atoms with Crippen molar-refractivity contribution in [3.05, 3.63) is 83.9 Å². The largest absolute Gasteiger partial charge is 0.497 e. The van der Waals surface area contributed by atoms with Gasteiger partial charge in [0, 0.05) is 17.7 Å². The van der Waals surface area contributed by atoms with Crippen LogP contribution in [0, 0.1) is 0 Å². The lowest BCUT2D eigenvalue weighted by atomic mass is 10.0. The second-order valence-corrected chi connectivity index (χ2v) is 7.57. The third kappa shape index (κ3) is 4.44. The van der Waals surface area contributed by atoms with Gasteiger partial charge < -0.3 is 19.5 Å². The van der Waals surface area contributed by atoms with Crippen molar-refractivity contribution >= 4 is 16.8 Å². The number of nitrogens with zero attached hydrogens (tertiary/aromatic N) is 2.